The van der Waals surface area contributed by atoms with E-state index in [4.69, 9.17) is 4.98 Å². The highest BCUT2D eigenvalue weighted by atomic mass is 15.2. The average molecular weight is 287 g/mol. The van der Waals surface area contributed by atoms with Gasteiger partial charge in [-0.3, -0.25) is 0 Å². The molecule has 0 bridgehead atoms. The monoisotopic (exact) mass is 287 g/mol. The summed E-state index contributed by atoms with van der Waals surface area (Å²) in [4.78, 5) is 7.36. The molecule has 0 unspecified atom stereocenters. The zero-order chi connectivity index (χ0) is 14.8. The first-order valence-electron chi connectivity index (χ1n) is 8.55. The second kappa shape index (κ2) is 6.35. The molecule has 0 amide bonds. The summed E-state index contributed by atoms with van der Waals surface area (Å²) in [6, 6.07) is 2.83. The minimum absolute atomic E-state index is 0.520. The van der Waals surface area contributed by atoms with Crippen molar-refractivity contribution < 1.29 is 0 Å². The maximum absolute atomic E-state index is 4.80. The first-order chi connectivity index (χ1) is 10.1. The van der Waals surface area contributed by atoms with Gasteiger partial charge in [0.05, 0.1) is 0 Å². The zero-order valence-corrected chi connectivity index (χ0v) is 13.7. The maximum atomic E-state index is 4.80. The molecule has 0 atom stereocenters. The standard InChI is InChI=1S/C18H29N3/c1-13(2)19-9-17-8-14(3)18(20-10-17)21(11-15-4-5-15)12-16-6-7-16/h8,10,13,15-16,19H,4-7,9,11-12H2,1-3H3. The van der Waals surface area contributed by atoms with Crippen molar-refractivity contribution in [2.45, 2.75) is 59.0 Å². The average Bonchev–Trinajstić information content (AvgIpc) is 3.31. The number of rotatable bonds is 8. The molecule has 1 aromatic rings. The van der Waals surface area contributed by atoms with E-state index < -0.39 is 0 Å². The second-order valence-electron chi connectivity index (χ2n) is 7.31. The molecule has 2 aliphatic rings. The molecule has 1 aromatic heterocycles. The fourth-order valence-corrected chi connectivity index (χ4v) is 2.85. The first kappa shape index (κ1) is 14.8. The molecule has 2 aliphatic carbocycles. The number of aryl methyl sites for hydroxylation is 1. The molecular weight excluding hydrogens is 258 g/mol. The number of hydrogen-bond acceptors (Lipinski definition) is 3. The van der Waals surface area contributed by atoms with Gasteiger partial charge in [-0.15, -0.1) is 0 Å². The van der Waals surface area contributed by atoms with E-state index in [0.717, 1.165) is 18.4 Å². The topological polar surface area (TPSA) is 28.2 Å². The summed E-state index contributed by atoms with van der Waals surface area (Å²) < 4.78 is 0. The third-order valence-electron chi connectivity index (χ3n) is 4.47. The van der Waals surface area contributed by atoms with Crippen LogP contribution in [0.1, 0.15) is 50.7 Å². The highest BCUT2D eigenvalue weighted by Crippen LogP contribution is 2.36. The van der Waals surface area contributed by atoms with Gasteiger partial charge in [-0.05, 0) is 61.6 Å². The molecule has 1 N–H and O–H groups in total. The molecule has 2 fully saturated rings. The van der Waals surface area contributed by atoms with Crippen LogP contribution in [-0.4, -0.2) is 24.1 Å². The third-order valence-corrected chi connectivity index (χ3v) is 4.47. The van der Waals surface area contributed by atoms with Gasteiger partial charge in [0, 0.05) is 31.9 Å². The van der Waals surface area contributed by atoms with Crippen molar-refractivity contribution in [1.82, 2.24) is 10.3 Å². The van der Waals surface area contributed by atoms with Gasteiger partial charge in [0.25, 0.3) is 0 Å². The fourth-order valence-electron chi connectivity index (χ4n) is 2.85. The lowest BCUT2D eigenvalue weighted by molar-refractivity contribution is 0.587. The molecule has 0 saturated heterocycles. The molecule has 3 heteroatoms. The van der Waals surface area contributed by atoms with Crippen molar-refractivity contribution >= 4 is 5.82 Å². The van der Waals surface area contributed by atoms with Gasteiger partial charge in [-0.25, -0.2) is 4.98 Å². The summed E-state index contributed by atoms with van der Waals surface area (Å²) in [7, 11) is 0. The minimum Gasteiger partial charge on any atom is -0.356 e. The summed E-state index contributed by atoms with van der Waals surface area (Å²) in [5.41, 5.74) is 2.63. The van der Waals surface area contributed by atoms with Crippen LogP contribution in [0.4, 0.5) is 5.82 Å². The number of pyridine rings is 1. The Labute approximate surface area is 129 Å². The van der Waals surface area contributed by atoms with E-state index in [1.165, 1.54) is 55.7 Å². The number of hydrogen-bond donors (Lipinski definition) is 1. The summed E-state index contributed by atoms with van der Waals surface area (Å²) >= 11 is 0. The normalized spacial score (nSPS) is 18.3. The Morgan fingerprint density at radius 3 is 2.29 bits per heavy atom. The third kappa shape index (κ3) is 4.44. The molecule has 116 valence electrons. The van der Waals surface area contributed by atoms with Gasteiger partial charge in [-0.1, -0.05) is 13.8 Å². The van der Waals surface area contributed by atoms with Crippen molar-refractivity contribution in [1.29, 1.82) is 0 Å². The zero-order valence-electron chi connectivity index (χ0n) is 13.7. The Balaban J connectivity index is 1.68. The highest BCUT2D eigenvalue weighted by Gasteiger charge is 2.30. The summed E-state index contributed by atoms with van der Waals surface area (Å²) in [5.74, 6) is 3.07. The van der Waals surface area contributed by atoms with Crippen LogP contribution in [0.5, 0.6) is 0 Å². The van der Waals surface area contributed by atoms with Crippen LogP contribution >= 0.6 is 0 Å². The van der Waals surface area contributed by atoms with Crippen LogP contribution in [0.25, 0.3) is 0 Å². The Bertz CT molecular complexity index is 461. The van der Waals surface area contributed by atoms with E-state index in [-0.39, 0.29) is 0 Å². The van der Waals surface area contributed by atoms with Crippen LogP contribution in [0.15, 0.2) is 12.3 Å². The summed E-state index contributed by atoms with van der Waals surface area (Å²) in [5, 5.41) is 3.47. The van der Waals surface area contributed by atoms with E-state index in [1.807, 2.05) is 0 Å². The SMILES string of the molecule is Cc1cc(CNC(C)C)cnc1N(CC1CC1)CC1CC1. The molecule has 3 nitrogen and oxygen atoms in total. The fraction of sp³-hybridized carbons (Fsp3) is 0.722. The Hall–Kier alpha value is -1.09. The van der Waals surface area contributed by atoms with Crippen molar-refractivity contribution in [2.24, 2.45) is 11.8 Å². The van der Waals surface area contributed by atoms with Crippen LogP contribution in [0.3, 0.4) is 0 Å². The van der Waals surface area contributed by atoms with Crippen molar-refractivity contribution in [3.8, 4) is 0 Å². The molecule has 0 aliphatic heterocycles. The molecule has 0 radical (unpaired) electrons. The minimum atomic E-state index is 0.520. The van der Waals surface area contributed by atoms with Gasteiger partial charge in [-0.2, -0.15) is 0 Å². The number of nitrogens with zero attached hydrogens (tertiary/aromatic N) is 2. The lowest BCUT2D eigenvalue weighted by atomic mass is 10.1. The largest absolute Gasteiger partial charge is 0.356 e. The smallest absolute Gasteiger partial charge is 0.131 e. The molecular formula is C18H29N3. The van der Waals surface area contributed by atoms with Gasteiger partial charge in [0.2, 0.25) is 0 Å². The molecule has 3 rings (SSSR count). The second-order valence-corrected chi connectivity index (χ2v) is 7.31. The van der Waals surface area contributed by atoms with Gasteiger partial charge in [0.1, 0.15) is 5.82 Å². The van der Waals surface area contributed by atoms with Crippen molar-refractivity contribution in [3.05, 3.63) is 23.4 Å². The van der Waals surface area contributed by atoms with Crippen LogP contribution in [0.2, 0.25) is 0 Å². The number of nitrogens with one attached hydrogen (secondary N) is 1. The molecule has 0 spiro atoms. The molecule has 0 aromatic carbocycles. The van der Waals surface area contributed by atoms with E-state index >= 15 is 0 Å². The van der Waals surface area contributed by atoms with E-state index in [2.05, 4.69) is 43.3 Å². The Morgan fingerprint density at radius 2 is 1.81 bits per heavy atom. The van der Waals surface area contributed by atoms with E-state index in [9.17, 15) is 0 Å². The molecule has 21 heavy (non-hydrogen) atoms. The van der Waals surface area contributed by atoms with E-state index in [0.29, 0.717) is 6.04 Å². The molecule has 1 heterocycles. The predicted octanol–water partition coefficient (Wildman–Crippen LogP) is 3.51. The molecule has 2 saturated carbocycles. The van der Waals surface area contributed by atoms with Crippen LogP contribution < -0.4 is 10.2 Å². The lowest BCUT2D eigenvalue weighted by Crippen LogP contribution is -2.30. The van der Waals surface area contributed by atoms with Crippen LogP contribution in [-0.2, 0) is 6.54 Å². The predicted molar refractivity (Wildman–Crippen MR) is 88.6 cm³/mol. The van der Waals surface area contributed by atoms with Gasteiger partial charge in [0.15, 0.2) is 0 Å². The highest BCUT2D eigenvalue weighted by molar-refractivity contribution is 5.48. The summed E-state index contributed by atoms with van der Waals surface area (Å²) in [6.07, 6.45) is 7.71. The lowest BCUT2D eigenvalue weighted by Gasteiger charge is -2.25. The number of aromatic nitrogens is 1. The summed E-state index contributed by atoms with van der Waals surface area (Å²) in [6.45, 7) is 9.93. The van der Waals surface area contributed by atoms with Crippen LogP contribution in [0, 0.1) is 18.8 Å². The van der Waals surface area contributed by atoms with E-state index in [1.54, 1.807) is 0 Å². The number of anilines is 1. The van der Waals surface area contributed by atoms with Crippen molar-refractivity contribution in [3.63, 3.8) is 0 Å². The van der Waals surface area contributed by atoms with Gasteiger partial charge >= 0.3 is 0 Å². The van der Waals surface area contributed by atoms with Crippen molar-refractivity contribution in [2.75, 3.05) is 18.0 Å². The first-order valence-corrected chi connectivity index (χ1v) is 8.55. The van der Waals surface area contributed by atoms with Gasteiger partial charge < -0.3 is 10.2 Å². The maximum Gasteiger partial charge on any atom is 0.131 e. The Morgan fingerprint density at radius 1 is 1.19 bits per heavy atom. The Kier molecular flexibility index (Phi) is 4.48. The quantitative estimate of drug-likeness (QED) is 0.793.